The number of carbonyl (C=O) groups is 1. The lowest BCUT2D eigenvalue weighted by Crippen LogP contribution is -2.38. The van der Waals surface area contributed by atoms with Gasteiger partial charge in [0.2, 0.25) is 5.91 Å². The highest BCUT2D eigenvalue weighted by Crippen LogP contribution is 2.31. The summed E-state index contributed by atoms with van der Waals surface area (Å²) < 4.78 is 0. The smallest absolute Gasteiger partial charge is 0.245 e. The van der Waals surface area contributed by atoms with Gasteiger partial charge in [-0.2, -0.15) is 0 Å². The van der Waals surface area contributed by atoms with E-state index in [1.165, 1.54) is 0 Å². The van der Waals surface area contributed by atoms with Crippen molar-refractivity contribution in [1.82, 2.24) is 4.90 Å². The molecule has 0 heterocycles. The molecule has 0 unspecified atom stereocenters. The average Bonchev–Trinajstić information content (AvgIpc) is 2.56. The minimum Gasteiger partial charge on any atom is -0.295 e. The lowest BCUT2D eigenvalue weighted by atomic mass is 10.1. The van der Waals surface area contributed by atoms with Crippen molar-refractivity contribution in [3.8, 4) is 0 Å². The monoisotopic (exact) mass is 310 g/mol. The molecule has 0 atom stereocenters. The summed E-state index contributed by atoms with van der Waals surface area (Å²) >= 11 is 0. The third-order valence-electron chi connectivity index (χ3n) is 4.18. The van der Waals surface area contributed by atoms with Crippen molar-refractivity contribution < 1.29 is 4.79 Å². The lowest BCUT2D eigenvalue weighted by Gasteiger charge is -2.29. The summed E-state index contributed by atoms with van der Waals surface area (Å²) in [5.74, 6) is 0.109. The molecule has 23 heavy (non-hydrogen) atoms. The molecule has 0 saturated heterocycles. The van der Waals surface area contributed by atoms with Gasteiger partial charge in [-0.15, -0.1) is 0 Å². The highest BCUT2D eigenvalue weighted by molar-refractivity contribution is 6.03. The van der Waals surface area contributed by atoms with Crippen molar-refractivity contribution in [3.63, 3.8) is 0 Å². The van der Waals surface area contributed by atoms with E-state index in [-0.39, 0.29) is 5.91 Å². The van der Waals surface area contributed by atoms with Crippen LogP contribution in [0.1, 0.15) is 25.0 Å². The van der Waals surface area contributed by atoms with Gasteiger partial charge in [0.1, 0.15) is 0 Å². The molecule has 122 valence electrons. The Balaban J connectivity index is 2.47. The van der Waals surface area contributed by atoms with Gasteiger partial charge in [-0.05, 0) is 50.2 Å². The molecule has 0 radical (unpaired) electrons. The minimum atomic E-state index is 0.109. The second-order valence-electron chi connectivity index (χ2n) is 5.77. The Morgan fingerprint density at radius 1 is 0.870 bits per heavy atom. The SMILES string of the molecule is CCN(CC)CC(=O)N(c1ccccc1)c1c(C)cccc1C. The fraction of sp³-hybridized carbons (Fsp3) is 0.350. The first kappa shape index (κ1) is 17.2. The summed E-state index contributed by atoms with van der Waals surface area (Å²) in [7, 11) is 0. The van der Waals surface area contributed by atoms with Crippen LogP contribution in [-0.4, -0.2) is 30.4 Å². The molecule has 0 bridgehead atoms. The fourth-order valence-electron chi connectivity index (χ4n) is 2.84. The first-order chi connectivity index (χ1) is 11.1. The van der Waals surface area contributed by atoms with Gasteiger partial charge in [0, 0.05) is 5.69 Å². The van der Waals surface area contributed by atoms with E-state index in [0.29, 0.717) is 6.54 Å². The Morgan fingerprint density at radius 3 is 1.96 bits per heavy atom. The zero-order chi connectivity index (χ0) is 16.8. The first-order valence-electron chi connectivity index (χ1n) is 8.25. The van der Waals surface area contributed by atoms with Crippen molar-refractivity contribution in [2.24, 2.45) is 0 Å². The first-order valence-corrected chi connectivity index (χ1v) is 8.25. The van der Waals surface area contributed by atoms with Crippen LogP contribution in [0, 0.1) is 13.8 Å². The van der Waals surface area contributed by atoms with E-state index in [2.05, 4.69) is 44.7 Å². The standard InChI is InChI=1S/C20H26N2O/c1-5-21(6-2)15-19(23)22(18-13-8-7-9-14-18)20-16(3)11-10-12-17(20)4/h7-14H,5-6,15H2,1-4H3. The van der Waals surface area contributed by atoms with E-state index in [4.69, 9.17) is 0 Å². The Hall–Kier alpha value is -2.13. The number of hydrogen-bond acceptors (Lipinski definition) is 2. The van der Waals surface area contributed by atoms with Gasteiger partial charge in [-0.3, -0.25) is 14.6 Å². The number of amides is 1. The third-order valence-corrected chi connectivity index (χ3v) is 4.18. The number of carbonyl (C=O) groups excluding carboxylic acids is 1. The van der Waals surface area contributed by atoms with Gasteiger partial charge in [0.15, 0.2) is 0 Å². The van der Waals surface area contributed by atoms with Crippen LogP contribution in [0.25, 0.3) is 0 Å². The van der Waals surface area contributed by atoms with Crippen LogP contribution in [0.3, 0.4) is 0 Å². The van der Waals surface area contributed by atoms with Gasteiger partial charge in [-0.25, -0.2) is 0 Å². The number of hydrogen-bond donors (Lipinski definition) is 0. The molecule has 0 fully saturated rings. The highest BCUT2D eigenvalue weighted by atomic mass is 16.2. The maximum absolute atomic E-state index is 13.1. The van der Waals surface area contributed by atoms with E-state index in [9.17, 15) is 4.79 Å². The molecular weight excluding hydrogens is 284 g/mol. The molecule has 3 heteroatoms. The number of anilines is 2. The van der Waals surface area contributed by atoms with E-state index in [1.807, 2.05) is 41.3 Å². The van der Waals surface area contributed by atoms with E-state index >= 15 is 0 Å². The molecule has 2 aromatic rings. The van der Waals surface area contributed by atoms with Crippen molar-refractivity contribution in [1.29, 1.82) is 0 Å². The molecule has 0 aliphatic rings. The predicted octanol–water partition coefficient (Wildman–Crippen LogP) is 4.31. The van der Waals surface area contributed by atoms with Gasteiger partial charge in [0.25, 0.3) is 0 Å². The summed E-state index contributed by atoms with van der Waals surface area (Å²) in [4.78, 5) is 17.1. The Labute approximate surface area is 139 Å². The van der Waals surface area contributed by atoms with Crippen molar-refractivity contribution in [2.75, 3.05) is 24.5 Å². The number of nitrogens with zero attached hydrogens (tertiary/aromatic N) is 2. The largest absolute Gasteiger partial charge is 0.295 e. The summed E-state index contributed by atoms with van der Waals surface area (Å²) in [5, 5.41) is 0. The third kappa shape index (κ3) is 3.99. The molecule has 3 nitrogen and oxygen atoms in total. The normalized spacial score (nSPS) is 10.8. The van der Waals surface area contributed by atoms with E-state index in [0.717, 1.165) is 35.6 Å². The Kier molecular flexibility index (Phi) is 5.94. The number of likely N-dealkylation sites (N-methyl/N-ethyl adjacent to an activating group) is 1. The molecule has 2 rings (SSSR count). The second-order valence-corrected chi connectivity index (χ2v) is 5.77. The zero-order valence-electron chi connectivity index (χ0n) is 14.5. The molecule has 0 aliphatic heterocycles. The van der Waals surface area contributed by atoms with Crippen LogP contribution in [-0.2, 0) is 4.79 Å². The predicted molar refractivity (Wildman–Crippen MR) is 97.3 cm³/mol. The Bertz CT molecular complexity index is 628. The highest BCUT2D eigenvalue weighted by Gasteiger charge is 2.22. The second kappa shape index (κ2) is 7.93. The topological polar surface area (TPSA) is 23.6 Å². The van der Waals surface area contributed by atoms with Crippen LogP contribution in [0.4, 0.5) is 11.4 Å². The summed E-state index contributed by atoms with van der Waals surface area (Å²) in [6.45, 7) is 10.5. The zero-order valence-corrected chi connectivity index (χ0v) is 14.5. The average molecular weight is 310 g/mol. The van der Waals surface area contributed by atoms with Gasteiger partial charge < -0.3 is 0 Å². The van der Waals surface area contributed by atoms with Crippen LogP contribution in [0.2, 0.25) is 0 Å². The van der Waals surface area contributed by atoms with Crippen molar-refractivity contribution in [2.45, 2.75) is 27.7 Å². The van der Waals surface area contributed by atoms with E-state index in [1.54, 1.807) is 0 Å². The molecular formula is C20H26N2O. The molecule has 0 saturated carbocycles. The maximum atomic E-state index is 13.1. The summed E-state index contributed by atoms with van der Waals surface area (Å²) in [5.41, 5.74) is 4.14. The van der Waals surface area contributed by atoms with Crippen molar-refractivity contribution >= 4 is 17.3 Å². The number of rotatable bonds is 6. The maximum Gasteiger partial charge on any atom is 0.245 e. The van der Waals surface area contributed by atoms with Crippen LogP contribution >= 0.6 is 0 Å². The minimum absolute atomic E-state index is 0.109. The molecule has 0 aliphatic carbocycles. The lowest BCUT2D eigenvalue weighted by molar-refractivity contribution is -0.119. The molecule has 0 spiro atoms. The van der Waals surface area contributed by atoms with Gasteiger partial charge in [-0.1, -0.05) is 50.2 Å². The van der Waals surface area contributed by atoms with E-state index < -0.39 is 0 Å². The molecule has 1 amide bonds. The number of para-hydroxylation sites is 2. The van der Waals surface area contributed by atoms with Gasteiger partial charge in [0.05, 0.1) is 12.2 Å². The van der Waals surface area contributed by atoms with Crippen LogP contribution in [0.5, 0.6) is 0 Å². The summed E-state index contributed by atoms with van der Waals surface area (Å²) in [6.07, 6.45) is 0. The number of benzene rings is 2. The molecule has 2 aromatic carbocycles. The Morgan fingerprint density at radius 2 is 1.43 bits per heavy atom. The van der Waals surface area contributed by atoms with Crippen LogP contribution < -0.4 is 4.90 Å². The summed E-state index contributed by atoms with van der Waals surface area (Å²) in [6, 6.07) is 16.1. The molecule has 0 aromatic heterocycles. The molecule has 0 N–H and O–H groups in total. The fourth-order valence-corrected chi connectivity index (χ4v) is 2.84. The van der Waals surface area contributed by atoms with Crippen LogP contribution in [0.15, 0.2) is 48.5 Å². The quantitative estimate of drug-likeness (QED) is 0.794. The van der Waals surface area contributed by atoms with Gasteiger partial charge >= 0.3 is 0 Å². The van der Waals surface area contributed by atoms with Crippen molar-refractivity contribution in [3.05, 3.63) is 59.7 Å². The number of aryl methyl sites for hydroxylation is 2.